The molecule has 1 aromatic carbocycles. The summed E-state index contributed by atoms with van der Waals surface area (Å²) in [5.74, 6) is -2.58. The van der Waals surface area contributed by atoms with Crippen LogP contribution in [0.5, 0.6) is 0 Å². The smallest absolute Gasteiger partial charge is 0.312 e. The fraction of sp³-hybridized carbons (Fsp3) is 0.529. The second-order valence-corrected chi connectivity index (χ2v) is 7.06. The van der Waals surface area contributed by atoms with E-state index in [1.807, 2.05) is 27.7 Å². The maximum Gasteiger partial charge on any atom is 0.312 e. The summed E-state index contributed by atoms with van der Waals surface area (Å²) in [4.78, 5) is 23.7. The molecule has 5 heteroatoms. The van der Waals surface area contributed by atoms with E-state index in [2.05, 4.69) is 5.32 Å². The van der Waals surface area contributed by atoms with E-state index >= 15 is 0 Å². The van der Waals surface area contributed by atoms with Gasteiger partial charge in [0, 0.05) is 12.5 Å². The van der Waals surface area contributed by atoms with Crippen molar-refractivity contribution in [3.63, 3.8) is 0 Å². The highest BCUT2D eigenvalue weighted by molar-refractivity contribution is 5.85. The van der Waals surface area contributed by atoms with Crippen molar-refractivity contribution in [3.05, 3.63) is 35.6 Å². The van der Waals surface area contributed by atoms with Crippen LogP contribution in [0, 0.1) is 22.6 Å². The average molecular weight is 307 g/mol. The van der Waals surface area contributed by atoms with E-state index < -0.39 is 17.7 Å². The molecule has 1 fully saturated rings. The van der Waals surface area contributed by atoms with Gasteiger partial charge in [-0.2, -0.15) is 0 Å². The SMILES string of the molecule is CC1(C)C(C(=O)NCC(C(=O)O)c2ccc(F)cc2)C1(C)C. The summed E-state index contributed by atoms with van der Waals surface area (Å²) in [5.41, 5.74) is 0.292. The minimum Gasteiger partial charge on any atom is -0.481 e. The van der Waals surface area contributed by atoms with E-state index in [0.717, 1.165) is 0 Å². The van der Waals surface area contributed by atoms with Gasteiger partial charge in [0.1, 0.15) is 5.82 Å². The number of amides is 1. The zero-order chi connectivity index (χ0) is 16.7. The number of carboxylic acids is 1. The standard InChI is InChI=1S/C17H22FNO3/c1-16(2)13(17(16,3)4)14(20)19-9-12(15(21)22)10-5-7-11(18)8-6-10/h5-8,12-13H,9H2,1-4H3,(H,19,20)(H,21,22). The topological polar surface area (TPSA) is 66.4 Å². The minimum atomic E-state index is -1.04. The van der Waals surface area contributed by atoms with Crippen LogP contribution in [-0.2, 0) is 9.59 Å². The third kappa shape index (κ3) is 2.72. The number of rotatable bonds is 5. The number of hydrogen-bond donors (Lipinski definition) is 2. The predicted octanol–water partition coefficient (Wildman–Crippen LogP) is 2.79. The second kappa shape index (κ2) is 5.38. The molecular weight excluding hydrogens is 285 g/mol. The molecule has 1 unspecified atom stereocenters. The number of carbonyl (C=O) groups excluding carboxylic acids is 1. The lowest BCUT2D eigenvalue weighted by Crippen LogP contribution is -2.34. The summed E-state index contributed by atoms with van der Waals surface area (Å²) in [7, 11) is 0. The lowest BCUT2D eigenvalue weighted by atomic mass is 9.99. The van der Waals surface area contributed by atoms with E-state index in [1.165, 1.54) is 24.3 Å². The van der Waals surface area contributed by atoms with Gasteiger partial charge in [-0.1, -0.05) is 39.8 Å². The Morgan fingerprint density at radius 1 is 1.18 bits per heavy atom. The largest absolute Gasteiger partial charge is 0.481 e. The first-order chi connectivity index (χ1) is 10.1. The first-order valence-corrected chi connectivity index (χ1v) is 7.35. The molecule has 1 aromatic rings. The van der Waals surface area contributed by atoms with E-state index in [4.69, 9.17) is 0 Å². The molecule has 0 spiro atoms. The van der Waals surface area contributed by atoms with E-state index in [1.54, 1.807) is 0 Å². The molecule has 1 amide bonds. The number of carbonyl (C=O) groups is 2. The highest BCUT2D eigenvalue weighted by Crippen LogP contribution is 2.68. The van der Waals surface area contributed by atoms with E-state index in [-0.39, 0.29) is 29.2 Å². The van der Waals surface area contributed by atoms with Crippen molar-refractivity contribution >= 4 is 11.9 Å². The van der Waals surface area contributed by atoms with Crippen LogP contribution in [0.2, 0.25) is 0 Å². The van der Waals surface area contributed by atoms with Crippen LogP contribution in [0.3, 0.4) is 0 Å². The Bertz CT molecular complexity index is 578. The fourth-order valence-corrected chi connectivity index (χ4v) is 3.20. The Morgan fingerprint density at radius 3 is 2.09 bits per heavy atom. The van der Waals surface area contributed by atoms with Gasteiger partial charge in [0.05, 0.1) is 5.92 Å². The van der Waals surface area contributed by atoms with Crippen LogP contribution in [-0.4, -0.2) is 23.5 Å². The fourth-order valence-electron chi connectivity index (χ4n) is 3.20. The summed E-state index contributed by atoms with van der Waals surface area (Å²) in [6.45, 7) is 8.14. The quantitative estimate of drug-likeness (QED) is 0.879. The lowest BCUT2D eigenvalue weighted by Gasteiger charge is -2.14. The molecule has 0 radical (unpaired) electrons. The van der Waals surface area contributed by atoms with Crippen LogP contribution in [0.1, 0.15) is 39.2 Å². The van der Waals surface area contributed by atoms with Crippen molar-refractivity contribution in [1.29, 1.82) is 0 Å². The third-order valence-electron chi connectivity index (χ3n) is 5.33. The zero-order valence-electron chi connectivity index (χ0n) is 13.3. The molecule has 4 nitrogen and oxygen atoms in total. The number of hydrogen-bond acceptors (Lipinski definition) is 2. The normalized spacial score (nSPS) is 20.2. The van der Waals surface area contributed by atoms with E-state index in [9.17, 15) is 19.1 Å². The number of carboxylic acid groups (broad SMARTS) is 1. The maximum absolute atomic E-state index is 12.9. The molecule has 1 aliphatic rings. The molecule has 2 rings (SSSR count). The molecule has 0 bridgehead atoms. The minimum absolute atomic E-state index is 0.00244. The van der Waals surface area contributed by atoms with Crippen molar-refractivity contribution < 1.29 is 19.1 Å². The first kappa shape index (κ1) is 16.5. The van der Waals surface area contributed by atoms with Gasteiger partial charge in [0.15, 0.2) is 0 Å². The molecule has 22 heavy (non-hydrogen) atoms. The van der Waals surface area contributed by atoms with Crippen LogP contribution in [0.15, 0.2) is 24.3 Å². The number of halogens is 1. The van der Waals surface area contributed by atoms with Gasteiger partial charge in [0.2, 0.25) is 5.91 Å². The zero-order valence-corrected chi connectivity index (χ0v) is 13.3. The van der Waals surface area contributed by atoms with Gasteiger partial charge in [-0.25, -0.2) is 4.39 Å². The Labute approximate surface area is 129 Å². The molecule has 0 aromatic heterocycles. The molecule has 2 N–H and O–H groups in total. The highest BCUT2D eigenvalue weighted by atomic mass is 19.1. The van der Waals surface area contributed by atoms with Gasteiger partial charge >= 0.3 is 5.97 Å². The summed E-state index contributed by atoms with van der Waals surface area (Å²) in [6.07, 6.45) is 0. The van der Waals surface area contributed by atoms with Gasteiger partial charge < -0.3 is 10.4 Å². The van der Waals surface area contributed by atoms with Crippen LogP contribution in [0.25, 0.3) is 0 Å². The molecule has 0 aliphatic heterocycles. The van der Waals surface area contributed by atoms with Crippen LogP contribution < -0.4 is 5.32 Å². The Morgan fingerprint density at radius 2 is 1.68 bits per heavy atom. The van der Waals surface area contributed by atoms with E-state index in [0.29, 0.717) is 5.56 Å². The number of benzene rings is 1. The summed E-state index contributed by atoms with van der Waals surface area (Å²) in [5, 5.41) is 12.1. The summed E-state index contributed by atoms with van der Waals surface area (Å²) in [6, 6.07) is 5.32. The maximum atomic E-state index is 12.9. The molecular formula is C17H22FNO3. The molecule has 120 valence electrons. The van der Waals surface area contributed by atoms with Crippen molar-refractivity contribution in [3.8, 4) is 0 Å². The van der Waals surface area contributed by atoms with Crippen molar-refractivity contribution in [2.45, 2.75) is 33.6 Å². The number of nitrogens with one attached hydrogen (secondary N) is 1. The average Bonchev–Trinajstić information content (AvgIpc) is 2.81. The third-order valence-corrected chi connectivity index (χ3v) is 5.33. The molecule has 0 saturated heterocycles. The summed E-state index contributed by atoms with van der Waals surface area (Å²) < 4.78 is 12.9. The predicted molar refractivity (Wildman–Crippen MR) is 80.8 cm³/mol. The van der Waals surface area contributed by atoms with Crippen molar-refractivity contribution in [2.75, 3.05) is 6.54 Å². The van der Waals surface area contributed by atoms with Gasteiger partial charge in [-0.15, -0.1) is 0 Å². The van der Waals surface area contributed by atoms with Gasteiger partial charge in [-0.05, 0) is 28.5 Å². The second-order valence-electron chi connectivity index (χ2n) is 7.06. The lowest BCUT2D eigenvalue weighted by molar-refractivity contribution is -0.138. The monoisotopic (exact) mass is 307 g/mol. The van der Waals surface area contributed by atoms with Gasteiger partial charge in [-0.3, -0.25) is 9.59 Å². The first-order valence-electron chi connectivity index (χ1n) is 7.35. The molecule has 1 aliphatic carbocycles. The Hall–Kier alpha value is -1.91. The number of aliphatic carboxylic acids is 1. The molecule has 0 heterocycles. The van der Waals surface area contributed by atoms with Crippen LogP contribution >= 0.6 is 0 Å². The molecule has 1 atom stereocenters. The van der Waals surface area contributed by atoms with Crippen molar-refractivity contribution in [1.82, 2.24) is 5.32 Å². The van der Waals surface area contributed by atoms with Crippen LogP contribution in [0.4, 0.5) is 4.39 Å². The summed E-state index contributed by atoms with van der Waals surface area (Å²) >= 11 is 0. The van der Waals surface area contributed by atoms with Crippen molar-refractivity contribution in [2.24, 2.45) is 16.7 Å². The Balaban J connectivity index is 2.03. The van der Waals surface area contributed by atoms with Gasteiger partial charge in [0.25, 0.3) is 0 Å². The highest BCUT2D eigenvalue weighted by Gasteiger charge is 2.68. The molecule has 1 saturated carbocycles. The Kier molecular flexibility index (Phi) is 4.02.